The van der Waals surface area contributed by atoms with Gasteiger partial charge < -0.3 is 15.4 Å². The number of hydrogen-bond acceptors (Lipinski definition) is 4. The van der Waals surface area contributed by atoms with Crippen molar-refractivity contribution in [1.82, 2.24) is 4.90 Å². The number of ether oxygens (including phenoxy) is 1. The van der Waals surface area contributed by atoms with Gasteiger partial charge in [-0.05, 0) is 47.4 Å². The van der Waals surface area contributed by atoms with Gasteiger partial charge in [0.2, 0.25) is 0 Å². The zero-order valence-electron chi connectivity index (χ0n) is 11.9. The molecule has 3 rings (SSSR count). The molecular formula is C16H18N2O2S. The van der Waals surface area contributed by atoms with E-state index in [-0.39, 0.29) is 5.91 Å². The lowest BCUT2D eigenvalue weighted by atomic mass is 10.1. The maximum atomic E-state index is 12.9. The number of amides is 1. The second-order valence-corrected chi connectivity index (χ2v) is 6.00. The van der Waals surface area contributed by atoms with E-state index in [1.54, 1.807) is 36.6 Å². The number of nitrogens with two attached hydrogens (primary N) is 1. The molecule has 1 aliphatic carbocycles. The van der Waals surface area contributed by atoms with Gasteiger partial charge >= 0.3 is 0 Å². The van der Waals surface area contributed by atoms with E-state index >= 15 is 0 Å². The van der Waals surface area contributed by atoms with E-state index in [9.17, 15) is 4.79 Å². The molecule has 1 aromatic heterocycles. The Kier molecular flexibility index (Phi) is 3.84. The lowest BCUT2D eigenvalue weighted by Crippen LogP contribution is -2.33. The molecule has 5 heteroatoms. The number of anilines is 1. The Morgan fingerprint density at radius 1 is 1.43 bits per heavy atom. The van der Waals surface area contributed by atoms with Gasteiger partial charge in [0.1, 0.15) is 11.3 Å². The third kappa shape index (κ3) is 2.88. The van der Waals surface area contributed by atoms with E-state index in [0.29, 0.717) is 29.6 Å². The summed E-state index contributed by atoms with van der Waals surface area (Å²) in [5.41, 5.74) is 8.11. The van der Waals surface area contributed by atoms with E-state index in [2.05, 4.69) is 11.4 Å². The number of carbonyl (C=O) groups is 1. The first-order chi connectivity index (χ1) is 10.2. The molecule has 1 saturated carbocycles. The molecule has 0 saturated heterocycles. The van der Waals surface area contributed by atoms with Crippen LogP contribution in [0.2, 0.25) is 0 Å². The number of nitrogens with zero attached hydrogens (tertiary/aromatic N) is 1. The van der Waals surface area contributed by atoms with Crippen molar-refractivity contribution in [3.63, 3.8) is 0 Å². The highest BCUT2D eigenvalue weighted by molar-refractivity contribution is 7.07. The van der Waals surface area contributed by atoms with Crippen molar-refractivity contribution in [2.45, 2.75) is 25.4 Å². The van der Waals surface area contributed by atoms with Crippen molar-refractivity contribution in [2.24, 2.45) is 0 Å². The largest absolute Gasteiger partial charge is 0.496 e. The molecule has 21 heavy (non-hydrogen) atoms. The van der Waals surface area contributed by atoms with Gasteiger partial charge in [0.05, 0.1) is 7.11 Å². The number of methoxy groups -OCH3 is 1. The van der Waals surface area contributed by atoms with E-state index in [4.69, 9.17) is 10.5 Å². The monoisotopic (exact) mass is 302 g/mol. The predicted molar refractivity (Wildman–Crippen MR) is 84.6 cm³/mol. The maximum Gasteiger partial charge on any atom is 0.260 e. The predicted octanol–water partition coefficient (Wildman–Crippen LogP) is 3.14. The lowest BCUT2D eigenvalue weighted by Gasteiger charge is -2.23. The smallest absolute Gasteiger partial charge is 0.260 e. The van der Waals surface area contributed by atoms with Crippen LogP contribution in [-0.2, 0) is 6.54 Å². The zero-order valence-corrected chi connectivity index (χ0v) is 12.7. The fraction of sp³-hybridized carbons (Fsp3) is 0.312. The van der Waals surface area contributed by atoms with Crippen molar-refractivity contribution in [1.29, 1.82) is 0 Å². The number of hydrogen-bond donors (Lipinski definition) is 1. The minimum atomic E-state index is -0.0429. The summed E-state index contributed by atoms with van der Waals surface area (Å²) in [5.74, 6) is 0.495. The fourth-order valence-corrected chi connectivity index (χ4v) is 3.08. The van der Waals surface area contributed by atoms with Gasteiger partial charge in [-0.1, -0.05) is 6.07 Å². The van der Waals surface area contributed by atoms with Crippen molar-refractivity contribution < 1.29 is 9.53 Å². The van der Waals surface area contributed by atoms with Gasteiger partial charge in [-0.25, -0.2) is 0 Å². The molecule has 1 heterocycles. The van der Waals surface area contributed by atoms with Crippen LogP contribution in [0.1, 0.15) is 28.8 Å². The summed E-state index contributed by atoms with van der Waals surface area (Å²) < 4.78 is 5.31. The van der Waals surface area contributed by atoms with Gasteiger partial charge in [0.15, 0.2) is 0 Å². The summed E-state index contributed by atoms with van der Waals surface area (Å²) in [6.45, 7) is 0.629. The molecule has 1 aliphatic rings. The average Bonchev–Trinajstić information content (AvgIpc) is 3.20. The Hall–Kier alpha value is -2.01. The Labute approximate surface area is 128 Å². The summed E-state index contributed by atoms with van der Waals surface area (Å²) in [7, 11) is 1.56. The van der Waals surface area contributed by atoms with Crippen molar-refractivity contribution in [2.75, 3.05) is 12.8 Å². The standard InChI is InChI=1S/C16H18N2O2S/c1-20-14-4-2-3-13(17)15(14)16(19)18(12-5-6-12)9-11-7-8-21-10-11/h2-4,7-8,10,12H,5-6,9,17H2,1H3. The lowest BCUT2D eigenvalue weighted by molar-refractivity contribution is 0.0728. The molecule has 1 fully saturated rings. The van der Waals surface area contributed by atoms with E-state index in [1.165, 1.54) is 0 Å². The summed E-state index contributed by atoms with van der Waals surface area (Å²) in [4.78, 5) is 14.8. The molecule has 4 nitrogen and oxygen atoms in total. The van der Waals surface area contributed by atoms with E-state index in [1.807, 2.05) is 10.3 Å². The normalized spacial score (nSPS) is 14.0. The molecular weight excluding hydrogens is 284 g/mol. The van der Waals surface area contributed by atoms with Crippen LogP contribution in [0.25, 0.3) is 0 Å². The van der Waals surface area contributed by atoms with Gasteiger partial charge in [-0.15, -0.1) is 0 Å². The molecule has 0 bridgehead atoms. The quantitative estimate of drug-likeness (QED) is 0.863. The maximum absolute atomic E-state index is 12.9. The third-order valence-corrected chi connectivity index (χ3v) is 4.41. The first-order valence-electron chi connectivity index (χ1n) is 6.95. The molecule has 2 aromatic rings. The van der Waals surface area contributed by atoms with Gasteiger partial charge in [-0.3, -0.25) is 4.79 Å². The molecule has 0 aliphatic heterocycles. The van der Waals surface area contributed by atoms with E-state index < -0.39 is 0 Å². The first kappa shape index (κ1) is 13.9. The van der Waals surface area contributed by atoms with Crippen LogP contribution in [0, 0.1) is 0 Å². The van der Waals surface area contributed by atoms with Gasteiger partial charge in [0.25, 0.3) is 5.91 Å². The van der Waals surface area contributed by atoms with E-state index in [0.717, 1.165) is 18.4 Å². The minimum Gasteiger partial charge on any atom is -0.496 e. The fourth-order valence-electron chi connectivity index (χ4n) is 2.42. The summed E-state index contributed by atoms with van der Waals surface area (Å²) in [6.07, 6.45) is 2.12. The molecule has 1 aromatic carbocycles. The Bertz CT molecular complexity index is 636. The Balaban J connectivity index is 1.91. The van der Waals surface area contributed by atoms with Crippen LogP contribution in [0.15, 0.2) is 35.0 Å². The van der Waals surface area contributed by atoms with Crippen LogP contribution in [0.4, 0.5) is 5.69 Å². The number of benzene rings is 1. The van der Waals surface area contributed by atoms with Crippen molar-refractivity contribution in [3.8, 4) is 5.75 Å². The molecule has 0 atom stereocenters. The highest BCUT2D eigenvalue weighted by Gasteiger charge is 2.34. The Morgan fingerprint density at radius 3 is 2.86 bits per heavy atom. The first-order valence-corrected chi connectivity index (χ1v) is 7.89. The molecule has 0 unspecified atom stereocenters. The summed E-state index contributed by atoms with van der Waals surface area (Å²) >= 11 is 1.64. The van der Waals surface area contributed by atoms with Crippen LogP contribution in [0.5, 0.6) is 5.75 Å². The van der Waals surface area contributed by atoms with Crippen molar-refractivity contribution >= 4 is 22.9 Å². The summed E-state index contributed by atoms with van der Waals surface area (Å²) in [5, 5.41) is 4.11. The number of carbonyl (C=O) groups excluding carboxylic acids is 1. The highest BCUT2D eigenvalue weighted by Crippen LogP contribution is 2.33. The molecule has 0 radical (unpaired) electrons. The third-order valence-electron chi connectivity index (χ3n) is 3.67. The summed E-state index contributed by atoms with van der Waals surface area (Å²) in [6, 6.07) is 7.69. The zero-order chi connectivity index (χ0) is 14.8. The molecule has 2 N–H and O–H groups in total. The van der Waals surface area contributed by atoms with Gasteiger partial charge in [-0.2, -0.15) is 11.3 Å². The van der Waals surface area contributed by atoms with Crippen LogP contribution in [-0.4, -0.2) is 24.0 Å². The topological polar surface area (TPSA) is 55.6 Å². The average molecular weight is 302 g/mol. The van der Waals surface area contributed by atoms with Gasteiger partial charge in [0, 0.05) is 18.3 Å². The van der Waals surface area contributed by atoms with Crippen LogP contribution < -0.4 is 10.5 Å². The van der Waals surface area contributed by atoms with Crippen molar-refractivity contribution in [3.05, 3.63) is 46.2 Å². The second-order valence-electron chi connectivity index (χ2n) is 5.22. The SMILES string of the molecule is COc1cccc(N)c1C(=O)N(Cc1ccsc1)C1CC1. The van der Waals surface area contributed by atoms with Crippen LogP contribution >= 0.6 is 11.3 Å². The Morgan fingerprint density at radius 2 is 2.24 bits per heavy atom. The molecule has 110 valence electrons. The molecule has 0 spiro atoms. The molecule has 1 amide bonds. The minimum absolute atomic E-state index is 0.0429. The second kappa shape index (κ2) is 5.77. The number of thiophene rings is 1. The number of nitrogen functional groups attached to an aromatic ring is 1. The van der Waals surface area contributed by atoms with Crippen LogP contribution in [0.3, 0.4) is 0 Å². The highest BCUT2D eigenvalue weighted by atomic mass is 32.1. The number of rotatable bonds is 5.